The van der Waals surface area contributed by atoms with E-state index in [0.29, 0.717) is 5.92 Å². The summed E-state index contributed by atoms with van der Waals surface area (Å²) >= 11 is 1.80. The lowest BCUT2D eigenvalue weighted by molar-refractivity contribution is 0.707. The van der Waals surface area contributed by atoms with Gasteiger partial charge in [-0.15, -0.1) is 11.3 Å². The fourth-order valence-electron chi connectivity index (χ4n) is 3.03. The summed E-state index contributed by atoms with van der Waals surface area (Å²) in [5.41, 5.74) is 3.87. The highest BCUT2D eigenvalue weighted by Crippen LogP contribution is 2.21. The number of rotatable bonds is 6. The maximum atomic E-state index is 4.33. The molecule has 0 bridgehead atoms. The third kappa shape index (κ3) is 4.23. The van der Waals surface area contributed by atoms with E-state index in [2.05, 4.69) is 76.4 Å². The van der Waals surface area contributed by atoms with Gasteiger partial charge in [-0.3, -0.25) is 4.99 Å². The first-order valence-corrected chi connectivity index (χ1v) is 9.60. The molecular weight excluding hydrogens is 328 g/mol. The predicted octanol–water partition coefficient (Wildman–Crippen LogP) is 4.05. The van der Waals surface area contributed by atoms with Gasteiger partial charge >= 0.3 is 0 Å². The Hall–Kier alpha value is -2.27. The van der Waals surface area contributed by atoms with E-state index in [-0.39, 0.29) is 0 Å². The Kier molecular flexibility index (Phi) is 5.76. The second-order valence-corrected chi connectivity index (χ2v) is 7.34. The summed E-state index contributed by atoms with van der Waals surface area (Å²) in [4.78, 5) is 9.12. The van der Waals surface area contributed by atoms with Crippen molar-refractivity contribution < 1.29 is 0 Å². The highest BCUT2D eigenvalue weighted by atomic mass is 32.1. The molecule has 0 aliphatic carbocycles. The van der Waals surface area contributed by atoms with Crippen LogP contribution in [0.15, 0.2) is 46.9 Å². The van der Waals surface area contributed by atoms with Crippen LogP contribution in [0.1, 0.15) is 28.8 Å². The summed E-state index contributed by atoms with van der Waals surface area (Å²) in [5.74, 6) is 1.34. The number of aliphatic imine (C=N–C) groups is 1. The molecule has 4 nitrogen and oxygen atoms in total. The summed E-state index contributed by atoms with van der Waals surface area (Å²) in [5, 5.41) is 10.3. The molecule has 5 heteroatoms. The highest BCUT2D eigenvalue weighted by molar-refractivity contribution is 7.10. The Bertz CT molecular complexity index is 833. The molecule has 3 N–H and O–H groups in total. The van der Waals surface area contributed by atoms with E-state index in [9.17, 15) is 0 Å². The second kappa shape index (κ2) is 8.21. The number of nitrogens with zero attached hydrogens (tertiary/aromatic N) is 1. The molecule has 0 aliphatic heterocycles. The molecule has 0 aliphatic rings. The average molecular weight is 355 g/mol. The van der Waals surface area contributed by atoms with Crippen LogP contribution in [-0.2, 0) is 6.42 Å². The molecule has 1 unspecified atom stereocenters. The lowest BCUT2D eigenvalue weighted by Gasteiger charge is -2.15. The quantitative estimate of drug-likeness (QED) is 0.462. The van der Waals surface area contributed by atoms with E-state index in [1.165, 1.54) is 26.9 Å². The maximum Gasteiger partial charge on any atom is 0.191 e. The lowest BCUT2D eigenvalue weighted by Crippen LogP contribution is -2.39. The Morgan fingerprint density at radius 2 is 2.12 bits per heavy atom. The molecule has 1 aromatic carbocycles. The Labute approximate surface area is 153 Å². The lowest BCUT2D eigenvalue weighted by atomic mass is 10.1. The van der Waals surface area contributed by atoms with Crippen molar-refractivity contribution in [2.24, 2.45) is 4.99 Å². The zero-order valence-electron chi connectivity index (χ0n) is 15.1. The zero-order valence-corrected chi connectivity index (χ0v) is 15.9. The van der Waals surface area contributed by atoms with E-state index in [1.807, 2.05) is 7.05 Å². The Balaban J connectivity index is 1.50. The van der Waals surface area contributed by atoms with Gasteiger partial charge in [-0.2, -0.15) is 0 Å². The summed E-state index contributed by atoms with van der Waals surface area (Å²) in [6.45, 7) is 6.11. The molecule has 0 saturated heterocycles. The fraction of sp³-hybridized carbons (Fsp3) is 0.350. The first kappa shape index (κ1) is 17.5. The maximum absolute atomic E-state index is 4.33. The van der Waals surface area contributed by atoms with Crippen molar-refractivity contribution in [2.75, 3.05) is 20.1 Å². The average Bonchev–Trinajstić information content (AvgIpc) is 3.28. The first-order chi connectivity index (χ1) is 12.2. The van der Waals surface area contributed by atoms with Gasteiger partial charge in [-0.05, 0) is 35.9 Å². The van der Waals surface area contributed by atoms with Gasteiger partial charge in [0, 0.05) is 48.0 Å². The molecule has 25 heavy (non-hydrogen) atoms. The molecule has 0 saturated carbocycles. The number of H-pyrrole nitrogens is 1. The molecule has 0 spiro atoms. The molecule has 0 radical (unpaired) electrons. The highest BCUT2D eigenvalue weighted by Gasteiger charge is 2.08. The van der Waals surface area contributed by atoms with E-state index >= 15 is 0 Å². The van der Waals surface area contributed by atoms with Crippen LogP contribution in [0.5, 0.6) is 0 Å². The first-order valence-electron chi connectivity index (χ1n) is 8.72. The second-order valence-electron chi connectivity index (χ2n) is 6.36. The van der Waals surface area contributed by atoms with Gasteiger partial charge in [0.1, 0.15) is 0 Å². The van der Waals surface area contributed by atoms with Gasteiger partial charge in [0.25, 0.3) is 0 Å². The van der Waals surface area contributed by atoms with Crippen molar-refractivity contribution in [3.8, 4) is 0 Å². The van der Waals surface area contributed by atoms with Gasteiger partial charge in [0.15, 0.2) is 5.96 Å². The normalized spacial score (nSPS) is 13.2. The van der Waals surface area contributed by atoms with Crippen molar-refractivity contribution >= 4 is 28.2 Å². The summed E-state index contributed by atoms with van der Waals surface area (Å²) in [6.07, 6.45) is 3.08. The molecular formula is C20H26N4S. The van der Waals surface area contributed by atoms with E-state index in [0.717, 1.165) is 25.5 Å². The van der Waals surface area contributed by atoms with Gasteiger partial charge < -0.3 is 15.6 Å². The molecule has 3 rings (SSSR count). The number of aromatic amines is 1. The molecule has 2 heterocycles. The summed E-state index contributed by atoms with van der Waals surface area (Å²) in [6, 6.07) is 10.7. The number of aryl methyl sites for hydroxylation is 1. The largest absolute Gasteiger partial charge is 0.361 e. The third-order valence-electron chi connectivity index (χ3n) is 4.52. The van der Waals surface area contributed by atoms with Crippen LogP contribution >= 0.6 is 11.3 Å². The number of aromatic nitrogens is 1. The monoisotopic (exact) mass is 354 g/mol. The van der Waals surface area contributed by atoms with Gasteiger partial charge in [0.2, 0.25) is 0 Å². The molecule has 132 valence electrons. The van der Waals surface area contributed by atoms with Crippen LogP contribution in [0.4, 0.5) is 0 Å². The van der Waals surface area contributed by atoms with Gasteiger partial charge in [-0.1, -0.05) is 31.2 Å². The van der Waals surface area contributed by atoms with Crippen molar-refractivity contribution in [1.29, 1.82) is 0 Å². The minimum Gasteiger partial charge on any atom is -0.361 e. The van der Waals surface area contributed by atoms with Crippen molar-refractivity contribution in [2.45, 2.75) is 26.2 Å². The molecule has 0 amide bonds. The molecule has 2 aromatic heterocycles. The van der Waals surface area contributed by atoms with Crippen molar-refractivity contribution in [3.05, 3.63) is 57.9 Å². The van der Waals surface area contributed by atoms with Crippen LogP contribution in [0.3, 0.4) is 0 Å². The SMILES string of the molecule is CN=C(NCCc1c[nH]c2c(C)cccc12)NCC(C)c1cccs1. The van der Waals surface area contributed by atoms with E-state index < -0.39 is 0 Å². The number of hydrogen-bond donors (Lipinski definition) is 3. The topological polar surface area (TPSA) is 52.2 Å². The number of nitrogens with one attached hydrogen (secondary N) is 3. The van der Waals surface area contributed by atoms with Crippen LogP contribution in [0.2, 0.25) is 0 Å². The third-order valence-corrected chi connectivity index (χ3v) is 5.63. The van der Waals surface area contributed by atoms with E-state index in [4.69, 9.17) is 0 Å². The number of para-hydroxylation sites is 1. The minimum atomic E-state index is 0.482. The van der Waals surface area contributed by atoms with Crippen molar-refractivity contribution in [1.82, 2.24) is 15.6 Å². The van der Waals surface area contributed by atoms with Crippen LogP contribution in [0.25, 0.3) is 10.9 Å². The summed E-state index contributed by atoms with van der Waals surface area (Å²) < 4.78 is 0. The smallest absolute Gasteiger partial charge is 0.191 e. The summed E-state index contributed by atoms with van der Waals surface area (Å²) in [7, 11) is 1.82. The van der Waals surface area contributed by atoms with Crippen LogP contribution < -0.4 is 10.6 Å². The van der Waals surface area contributed by atoms with Crippen molar-refractivity contribution in [3.63, 3.8) is 0 Å². The van der Waals surface area contributed by atoms with Crippen LogP contribution in [0, 0.1) is 6.92 Å². The van der Waals surface area contributed by atoms with Gasteiger partial charge in [-0.25, -0.2) is 0 Å². The number of hydrogen-bond acceptors (Lipinski definition) is 2. The number of fused-ring (bicyclic) bond motifs is 1. The fourth-order valence-corrected chi connectivity index (χ4v) is 3.82. The Morgan fingerprint density at radius 1 is 1.24 bits per heavy atom. The van der Waals surface area contributed by atoms with Crippen LogP contribution in [-0.4, -0.2) is 31.1 Å². The number of guanidine groups is 1. The van der Waals surface area contributed by atoms with E-state index in [1.54, 1.807) is 11.3 Å². The zero-order chi connectivity index (χ0) is 17.6. The molecule has 3 aromatic rings. The molecule has 0 fully saturated rings. The minimum absolute atomic E-state index is 0.482. The predicted molar refractivity (Wildman–Crippen MR) is 109 cm³/mol. The Morgan fingerprint density at radius 3 is 2.88 bits per heavy atom. The standard InChI is InChI=1S/C20H26N4S/c1-14-6-4-7-17-16(13-23-19(14)17)9-10-22-20(21-3)24-12-15(2)18-8-5-11-25-18/h4-8,11,13,15,23H,9-10,12H2,1-3H3,(H2,21,22,24). The molecule has 1 atom stereocenters. The van der Waals surface area contributed by atoms with Gasteiger partial charge in [0.05, 0.1) is 0 Å². The number of thiophene rings is 1. The number of benzene rings is 1.